The van der Waals surface area contributed by atoms with Crippen molar-refractivity contribution in [2.75, 3.05) is 5.73 Å². The van der Waals surface area contributed by atoms with Crippen molar-refractivity contribution in [1.29, 1.82) is 0 Å². The molecule has 2 N–H and O–H groups in total. The largest absolute Gasteiger partial charge is 0.451 e. The van der Waals surface area contributed by atoms with Crippen LogP contribution in [0.25, 0.3) is 0 Å². The fraction of sp³-hybridized carbons (Fsp3) is 0.400. The second kappa shape index (κ2) is 4.03. The molecule has 0 saturated heterocycles. The number of anilines is 1. The molecule has 0 amide bonds. The van der Waals surface area contributed by atoms with Crippen molar-refractivity contribution in [3.63, 3.8) is 0 Å². The quantitative estimate of drug-likeness (QED) is 0.625. The SMILES string of the molecule is CC.CC1Oc2ccc(N)cc2O1. The van der Waals surface area contributed by atoms with Crippen molar-refractivity contribution in [1.82, 2.24) is 0 Å². The van der Waals surface area contributed by atoms with Crippen LogP contribution < -0.4 is 15.2 Å². The van der Waals surface area contributed by atoms with Gasteiger partial charge in [0.05, 0.1) is 0 Å². The first-order chi connectivity index (χ1) is 6.25. The maximum atomic E-state index is 5.54. The van der Waals surface area contributed by atoms with Crippen LogP contribution in [0, 0.1) is 0 Å². The van der Waals surface area contributed by atoms with Crippen LogP contribution in [0.4, 0.5) is 5.69 Å². The molecule has 72 valence electrons. The Morgan fingerprint density at radius 2 is 1.77 bits per heavy atom. The maximum absolute atomic E-state index is 5.54. The van der Waals surface area contributed by atoms with Crippen molar-refractivity contribution in [3.05, 3.63) is 18.2 Å². The molecule has 1 unspecified atom stereocenters. The fourth-order valence-corrected chi connectivity index (χ4v) is 1.10. The summed E-state index contributed by atoms with van der Waals surface area (Å²) in [6.45, 7) is 5.84. The first-order valence-corrected chi connectivity index (χ1v) is 4.48. The van der Waals surface area contributed by atoms with E-state index in [4.69, 9.17) is 15.2 Å². The minimum absolute atomic E-state index is 0.188. The highest BCUT2D eigenvalue weighted by molar-refractivity contribution is 5.53. The second-order valence-electron chi connectivity index (χ2n) is 2.51. The molecule has 0 radical (unpaired) electrons. The molecule has 13 heavy (non-hydrogen) atoms. The summed E-state index contributed by atoms with van der Waals surface area (Å²) in [5.74, 6) is 1.50. The Kier molecular flexibility index (Phi) is 3.01. The van der Waals surface area contributed by atoms with E-state index < -0.39 is 0 Å². The van der Waals surface area contributed by atoms with E-state index in [9.17, 15) is 0 Å². The third kappa shape index (κ3) is 2.05. The molecule has 0 saturated carbocycles. The normalized spacial score (nSPS) is 17.6. The van der Waals surface area contributed by atoms with E-state index in [1.54, 1.807) is 12.1 Å². The summed E-state index contributed by atoms with van der Waals surface area (Å²) in [6, 6.07) is 5.37. The number of benzene rings is 1. The summed E-state index contributed by atoms with van der Waals surface area (Å²) >= 11 is 0. The molecule has 2 rings (SSSR count). The predicted octanol–water partition coefficient (Wildman–Crippen LogP) is 2.41. The number of hydrogen-bond donors (Lipinski definition) is 1. The molecule has 3 nitrogen and oxygen atoms in total. The first kappa shape index (κ1) is 9.71. The summed E-state index contributed by atoms with van der Waals surface area (Å²) in [5, 5.41) is 0. The predicted molar refractivity (Wildman–Crippen MR) is 52.9 cm³/mol. The average Bonchev–Trinajstić information content (AvgIpc) is 2.48. The van der Waals surface area contributed by atoms with E-state index >= 15 is 0 Å². The van der Waals surface area contributed by atoms with Crippen molar-refractivity contribution in [2.24, 2.45) is 0 Å². The van der Waals surface area contributed by atoms with Gasteiger partial charge in [0.2, 0.25) is 6.29 Å². The monoisotopic (exact) mass is 181 g/mol. The first-order valence-electron chi connectivity index (χ1n) is 4.48. The minimum Gasteiger partial charge on any atom is -0.451 e. The Hall–Kier alpha value is -1.38. The Bertz CT molecular complexity index is 286. The maximum Gasteiger partial charge on any atom is 0.238 e. The summed E-state index contributed by atoms with van der Waals surface area (Å²) in [7, 11) is 0. The Balaban J connectivity index is 0.000000396. The van der Waals surface area contributed by atoms with Gasteiger partial charge in [0.1, 0.15) is 0 Å². The molecule has 0 bridgehead atoms. The van der Waals surface area contributed by atoms with E-state index in [0.717, 1.165) is 11.5 Å². The van der Waals surface area contributed by atoms with Gasteiger partial charge in [-0.15, -0.1) is 0 Å². The van der Waals surface area contributed by atoms with Gasteiger partial charge in [0.25, 0.3) is 0 Å². The number of ether oxygens (including phenoxy) is 2. The molecular formula is C10H15NO2. The van der Waals surface area contributed by atoms with Crippen LogP contribution in [-0.2, 0) is 0 Å². The Morgan fingerprint density at radius 3 is 2.46 bits per heavy atom. The Morgan fingerprint density at radius 1 is 1.15 bits per heavy atom. The van der Waals surface area contributed by atoms with Crippen molar-refractivity contribution < 1.29 is 9.47 Å². The zero-order chi connectivity index (χ0) is 9.84. The van der Waals surface area contributed by atoms with Gasteiger partial charge in [0.15, 0.2) is 11.5 Å². The minimum atomic E-state index is -0.188. The van der Waals surface area contributed by atoms with E-state index in [1.165, 1.54) is 0 Å². The van der Waals surface area contributed by atoms with Crippen LogP contribution in [0.1, 0.15) is 20.8 Å². The van der Waals surface area contributed by atoms with Crippen molar-refractivity contribution in [2.45, 2.75) is 27.1 Å². The van der Waals surface area contributed by atoms with Crippen LogP contribution in [0.2, 0.25) is 0 Å². The number of fused-ring (bicyclic) bond motifs is 1. The van der Waals surface area contributed by atoms with Gasteiger partial charge in [-0.25, -0.2) is 0 Å². The van der Waals surface area contributed by atoms with Crippen LogP contribution in [0.5, 0.6) is 11.5 Å². The number of rotatable bonds is 0. The Labute approximate surface area is 78.5 Å². The topological polar surface area (TPSA) is 44.5 Å². The van der Waals surface area contributed by atoms with E-state index in [2.05, 4.69) is 0 Å². The highest BCUT2D eigenvalue weighted by Crippen LogP contribution is 2.35. The lowest BCUT2D eigenvalue weighted by molar-refractivity contribution is 0.0679. The standard InChI is InChI=1S/C8H9NO2.C2H6/c1-5-10-7-3-2-6(9)4-8(7)11-5;1-2/h2-5H,9H2,1H3;1-2H3. The average molecular weight is 181 g/mol. The van der Waals surface area contributed by atoms with Gasteiger partial charge >= 0.3 is 0 Å². The van der Waals surface area contributed by atoms with E-state index in [0.29, 0.717) is 5.69 Å². The van der Waals surface area contributed by atoms with Gasteiger partial charge in [-0.1, -0.05) is 13.8 Å². The van der Waals surface area contributed by atoms with Crippen LogP contribution in [0.15, 0.2) is 18.2 Å². The van der Waals surface area contributed by atoms with Crippen LogP contribution >= 0.6 is 0 Å². The van der Waals surface area contributed by atoms with Gasteiger partial charge in [-0.2, -0.15) is 0 Å². The van der Waals surface area contributed by atoms with E-state index in [-0.39, 0.29) is 6.29 Å². The summed E-state index contributed by atoms with van der Waals surface area (Å²) in [4.78, 5) is 0. The smallest absolute Gasteiger partial charge is 0.238 e. The zero-order valence-electron chi connectivity index (χ0n) is 8.20. The number of nitrogens with two attached hydrogens (primary N) is 1. The molecule has 1 heterocycles. The molecule has 0 fully saturated rings. The third-order valence-corrected chi connectivity index (χ3v) is 1.55. The zero-order valence-corrected chi connectivity index (χ0v) is 8.20. The highest BCUT2D eigenvalue weighted by Gasteiger charge is 2.19. The molecular weight excluding hydrogens is 166 g/mol. The van der Waals surface area contributed by atoms with Gasteiger partial charge in [-0.3, -0.25) is 0 Å². The summed E-state index contributed by atoms with van der Waals surface area (Å²) < 4.78 is 10.6. The number of nitrogen functional groups attached to an aromatic ring is 1. The molecule has 1 aliphatic heterocycles. The third-order valence-electron chi connectivity index (χ3n) is 1.55. The molecule has 1 aromatic rings. The van der Waals surface area contributed by atoms with Gasteiger partial charge in [0, 0.05) is 18.7 Å². The lowest BCUT2D eigenvalue weighted by atomic mass is 10.3. The fourth-order valence-electron chi connectivity index (χ4n) is 1.10. The van der Waals surface area contributed by atoms with Gasteiger partial charge in [-0.05, 0) is 12.1 Å². The summed E-state index contributed by atoms with van der Waals surface area (Å²) in [6.07, 6.45) is -0.188. The van der Waals surface area contributed by atoms with Crippen LogP contribution in [-0.4, -0.2) is 6.29 Å². The molecule has 1 aromatic carbocycles. The molecule has 1 aliphatic rings. The van der Waals surface area contributed by atoms with Gasteiger partial charge < -0.3 is 15.2 Å². The van der Waals surface area contributed by atoms with Crippen molar-refractivity contribution in [3.8, 4) is 11.5 Å². The molecule has 0 aliphatic carbocycles. The molecule has 0 aromatic heterocycles. The summed E-state index contributed by atoms with van der Waals surface area (Å²) in [5.41, 5.74) is 6.24. The highest BCUT2D eigenvalue weighted by atomic mass is 16.7. The van der Waals surface area contributed by atoms with Crippen molar-refractivity contribution >= 4 is 5.69 Å². The molecule has 1 atom stereocenters. The van der Waals surface area contributed by atoms with Crippen LogP contribution in [0.3, 0.4) is 0 Å². The lowest BCUT2D eigenvalue weighted by Crippen LogP contribution is -2.11. The van der Waals surface area contributed by atoms with E-state index in [1.807, 2.05) is 26.8 Å². The molecule has 3 heteroatoms. The molecule has 0 spiro atoms. The second-order valence-corrected chi connectivity index (χ2v) is 2.51. The number of hydrogen-bond acceptors (Lipinski definition) is 3. The lowest BCUT2D eigenvalue weighted by Gasteiger charge is -1.99.